The largest absolute Gasteiger partial charge is 0.346 e. The fourth-order valence-electron chi connectivity index (χ4n) is 5.58. The van der Waals surface area contributed by atoms with Crippen molar-refractivity contribution in [3.8, 4) is 11.1 Å². The highest BCUT2D eigenvalue weighted by Gasteiger charge is 2.18. The standard InChI is InChI=1S/C38H42N4O4S/c1-5-41-35(39-42(37(41)44)27-29-19-23-33(24-20-29)38(2,3)4)16-10-11-28-17-21-31(22-18-28)32-13-9-12-30(25-32)26-36(43)40-47(45,46)34-14-7-6-8-15-34/h6-9,12-15,17-25H,5,10-11,16,26-27H2,1-4H3,(H,40,43). The van der Waals surface area contributed by atoms with E-state index in [4.69, 9.17) is 5.10 Å². The number of carbonyl (C=O) groups excluding carboxylic acids is 1. The predicted molar refractivity (Wildman–Crippen MR) is 186 cm³/mol. The third-order valence-electron chi connectivity index (χ3n) is 8.21. The zero-order chi connectivity index (χ0) is 33.6. The summed E-state index contributed by atoms with van der Waals surface area (Å²) in [6.07, 6.45) is 2.34. The number of benzene rings is 4. The SMILES string of the molecule is CCn1c(CCCc2ccc(-c3cccc(CC(=O)NS(=O)(=O)c4ccccc4)c3)cc2)nn(Cc2ccc(C(C)(C)C)cc2)c1=O. The minimum Gasteiger partial charge on any atom is -0.279 e. The van der Waals surface area contributed by atoms with E-state index in [0.29, 0.717) is 19.5 Å². The number of nitrogens with zero attached hydrogens (tertiary/aromatic N) is 3. The third kappa shape index (κ3) is 8.54. The van der Waals surface area contributed by atoms with Gasteiger partial charge < -0.3 is 0 Å². The average Bonchev–Trinajstić information content (AvgIpc) is 3.34. The Hall–Kier alpha value is -4.76. The first-order chi connectivity index (χ1) is 22.4. The first-order valence-corrected chi connectivity index (χ1v) is 17.5. The van der Waals surface area contributed by atoms with Gasteiger partial charge in [0.25, 0.3) is 10.0 Å². The van der Waals surface area contributed by atoms with Crippen molar-refractivity contribution in [3.05, 3.63) is 142 Å². The molecule has 5 aromatic rings. The number of carbonyl (C=O) groups is 1. The molecule has 244 valence electrons. The molecule has 0 aliphatic carbocycles. The van der Waals surface area contributed by atoms with Crippen LogP contribution < -0.4 is 10.4 Å². The summed E-state index contributed by atoms with van der Waals surface area (Å²) in [6.45, 7) is 9.56. The molecular formula is C38H42N4O4S. The van der Waals surface area contributed by atoms with Crippen LogP contribution in [0.3, 0.4) is 0 Å². The molecule has 0 spiro atoms. The summed E-state index contributed by atoms with van der Waals surface area (Å²) in [5.41, 5.74) is 6.15. The van der Waals surface area contributed by atoms with E-state index < -0.39 is 15.9 Å². The van der Waals surface area contributed by atoms with E-state index >= 15 is 0 Å². The van der Waals surface area contributed by atoms with Crippen molar-refractivity contribution in [3.63, 3.8) is 0 Å². The summed E-state index contributed by atoms with van der Waals surface area (Å²) in [6, 6.07) is 32.1. The summed E-state index contributed by atoms with van der Waals surface area (Å²) in [7, 11) is -3.92. The zero-order valence-electron chi connectivity index (χ0n) is 27.4. The number of hydrogen-bond donors (Lipinski definition) is 1. The molecule has 0 atom stereocenters. The van der Waals surface area contributed by atoms with Crippen LogP contribution in [-0.4, -0.2) is 28.7 Å². The maximum atomic E-state index is 13.1. The highest BCUT2D eigenvalue weighted by Crippen LogP contribution is 2.23. The average molecular weight is 651 g/mol. The summed E-state index contributed by atoms with van der Waals surface area (Å²) in [5.74, 6) is 0.215. The van der Waals surface area contributed by atoms with Crippen molar-refractivity contribution in [1.29, 1.82) is 0 Å². The van der Waals surface area contributed by atoms with Gasteiger partial charge in [0.2, 0.25) is 5.91 Å². The lowest BCUT2D eigenvalue weighted by Crippen LogP contribution is -2.31. The maximum absolute atomic E-state index is 13.1. The molecule has 0 unspecified atom stereocenters. The van der Waals surface area contributed by atoms with Gasteiger partial charge in [0.15, 0.2) is 0 Å². The lowest BCUT2D eigenvalue weighted by atomic mass is 9.87. The van der Waals surface area contributed by atoms with Crippen molar-refractivity contribution in [1.82, 2.24) is 19.1 Å². The van der Waals surface area contributed by atoms with Crippen LogP contribution in [0.15, 0.2) is 113 Å². The van der Waals surface area contributed by atoms with Crippen LogP contribution >= 0.6 is 0 Å². The van der Waals surface area contributed by atoms with Crippen molar-refractivity contribution in [2.24, 2.45) is 0 Å². The van der Waals surface area contributed by atoms with Gasteiger partial charge in [-0.15, -0.1) is 0 Å². The summed E-state index contributed by atoms with van der Waals surface area (Å²) in [5, 5.41) is 4.70. The summed E-state index contributed by atoms with van der Waals surface area (Å²) >= 11 is 0. The Balaban J connectivity index is 1.17. The second-order valence-electron chi connectivity index (χ2n) is 12.8. The van der Waals surface area contributed by atoms with Crippen molar-refractivity contribution in [2.75, 3.05) is 0 Å². The molecule has 1 N–H and O–H groups in total. The lowest BCUT2D eigenvalue weighted by Gasteiger charge is -2.19. The molecule has 9 heteroatoms. The van der Waals surface area contributed by atoms with Gasteiger partial charge in [0, 0.05) is 13.0 Å². The number of aryl methyl sites for hydroxylation is 2. The Morgan fingerprint density at radius 2 is 1.47 bits per heavy atom. The van der Waals surface area contributed by atoms with Gasteiger partial charge in [-0.2, -0.15) is 5.10 Å². The lowest BCUT2D eigenvalue weighted by molar-refractivity contribution is -0.118. The number of hydrogen-bond acceptors (Lipinski definition) is 5. The molecule has 47 heavy (non-hydrogen) atoms. The van der Waals surface area contributed by atoms with Gasteiger partial charge in [-0.1, -0.05) is 112 Å². The molecular weight excluding hydrogens is 609 g/mol. The monoisotopic (exact) mass is 650 g/mol. The van der Waals surface area contributed by atoms with Gasteiger partial charge in [0.05, 0.1) is 17.9 Å². The quantitative estimate of drug-likeness (QED) is 0.171. The second kappa shape index (κ2) is 14.3. The molecule has 4 aromatic carbocycles. The number of nitrogens with one attached hydrogen (secondary N) is 1. The molecule has 1 heterocycles. The van der Waals surface area contributed by atoms with Crippen LogP contribution in [-0.2, 0) is 52.6 Å². The maximum Gasteiger partial charge on any atom is 0.346 e. The molecule has 0 saturated heterocycles. The van der Waals surface area contributed by atoms with Crippen molar-refractivity contribution < 1.29 is 13.2 Å². The normalized spacial score (nSPS) is 11.8. The van der Waals surface area contributed by atoms with E-state index in [1.54, 1.807) is 27.4 Å². The van der Waals surface area contributed by atoms with Crippen LogP contribution in [0.4, 0.5) is 0 Å². The highest BCUT2D eigenvalue weighted by atomic mass is 32.2. The Labute approximate surface area is 277 Å². The Morgan fingerprint density at radius 1 is 0.787 bits per heavy atom. The zero-order valence-corrected chi connectivity index (χ0v) is 28.3. The van der Waals surface area contributed by atoms with E-state index in [2.05, 4.69) is 74.0 Å². The second-order valence-corrected chi connectivity index (χ2v) is 14.5. The van der Waals surface area contributed by atoms with Crippen LogP contribution in [0.5, 0.6) is 0 Å². The molecule has 1 aromatic heterocycles. The third-order valence-corrected chi connectivity index (χ3v) is 9.60. The van der Waals surface area contributed by atoms with Crippen LogP contribution in [0.25, 0.3) is 11.1 Å². The van der Waals surface area contributed by atoms with E-state index in [-0.39, 0.29) is 22.4 Å². The number of aromatic nitrogens is 3. The minimum absolute atomic E-state index is 0.0503. The van der Waals surface area contributed by atoms with Crippen LogP contribution in [0.1, 0.15) is 62.2 Å². The van der Waals surface area contributed by atoms with Crippen LogP contribution in [0.2, 0.25) is 0 Å². The summed E-state index contributed by atoms with van der Waals surface area (Å²) in [4.78, 5) is 25.7. The number of sulfonamides is 1. The minimum atomic E-state index is -3.92. The fourth-order valence-corrected chi connectivity index (χ4v) is 6.59. The van der Waals surface area contributed by atoms with Gasteiger partial charge in [-0.25, -0.2) is 22.6 Å². The Bertz CT molecular complexity index is 1990. The van der Waals surface area contributed by atoms with E-state index in [1.807, 2.05) is 31.2 Å². The van der Waals surface area contributed by atoms with Crippen molar-refractivity contribution >= 4 is 15.9 Å². The van der Waals surface area contributed by atoms with Crippen LogP contribution in [0, 0.1) is 0 Å². The molecule has 0 aliphatic heterocycles. The number of amides is 1. The van der Waals surface area contributed by atoms with E-state index in [0.717, 1.165) is 40.9 Å². The molecule has 0 saturated carbocycles. The molecule has 0 fully saturated rings. The molecule has 5 rings (SSSR count). The highest BCUT2D eigenvalue weighted by molar-refractivity contribution is 7.90. The van der Waals surface area contributed by atoms with Gasteiger partial charge >= 0.3 is 5.69 Å². The first-order valence-electron chi connectivity index (χ1n) is 16.0. The smallest absolute Gasteiger partial charge is 0.279 e. The number of rotatable bonds is 12. The molecule has 8 nitrogen and oxygen atoms in total. The molecule has 0 radical (unpaired) electrons. The Kier molecular flexibility index (Phi) is 10.3. The van der Waals surface area contributed by atoms with Gasteiger partial charge in [0.1, 0.15) is 5.82 Å². The predicted octanol–water partition coefficient (Wildman–Crippen LogP) is 6.30. The van der Waals surface area contributed by atoms with Gasteiger partial charge in [-0.3, -0.25) is 9.36 Å². The first kappa shape index (κ1) is 33.6. The van der Waals surface area contributed by atoms with Crippen molar-refractivity contribution in [2.45, 2.75) is 76.8 Å². The Morgan fingerprint density at radius 3 is 2.13 bits per heavy atom. The summed E-state index contributed by atoms with van der Waals surface area (Å²) < 4.78 is 30.5. The van der Waals surface area contributed by atoms with E-state index in [9.17, 15) is 18.0 Å². The van der Waals surface area contributed by atoms with E-state index in [1.165, 1.54) is 23.3 Å². The molecule has 0 aliphatic rings. The van der Waals surface area contributed by atoms with Gasteiger partial charge in [-0.05, 0) is 70.7 Å². The molecule has 1 amide bonds. The molecule has 0 bridgehead atoms. The topological polar surface area (TPSA) is 103 Å². The fraction of sp³-hybridized carbons (Fsp3) is 0.289.